The molecule has 0 aromatic carbocycles. The van der Waals surface area contributed by atoms with Gasteiger partial charge >= 0.3 is 0 Å². The largest absolute Gasteiger partial charge is 0.366 e. The van der Waals surface area contributed by atoms with Crippen LogP contribution in [0.25, 0.3) is 0 Å². The lowest BCUT2D eigenvalue weighted by molar-refractivity contribution is 1.06. The average molecular weight is 292 g/mol. The van der Waals surface area contributed by atoms with E-state index in [4.69, 9.17) is 0 Å². The number of aryl methyl sites for hydroxylation is 2. The van der Waals surface area contributed by atoms with Crippen LogP contribution < -0.4 is 5.32 Å². The Bertz CT molecular complexity index is 526. The molecule has 17 heavy (non-hydrogen) atoms. The first-order valence-corrected chi connectivity index (χ1v) is 6.21. The monoisotopic (exact) mass is 291 g/mol. The number of nitrogens with zero attached hydrogens (tertiary/aromatic N) is 2. The van der Waals surface area contributed by atoms with Crippen molar-refractivity contribution in [2.24, 2.45) is 0 Å². The van der Waals surface area contributed by atoms with Gasteiger partial charge in [-0.15, -0.1) is 0 Å². The molecule has 0 spiro atoms. The normalized spacial score (nSPS) is 10.3. The number of anilines is 1. The fourth-order valence-corrected chi connectivity index (χ4v) is 1.72. The predicted octanol–water partition coefficient (Wildman–Crippen LogP) is 3.47. The summed E-state index contributed by atoms with van der Waals surface area (Å²) < 4.78 is 1.03. The quantitative estimate of drug-likeness (QED) is 0.941. The Balaban J connectivity index is 2.08. The maximum absolute atomic E-state index is 4.31. The second-order valence-electron chi connectivity index (χ2n) is 3.97. The van der Waals surface area contributed by atoms with Crippen LogP contribution in [0.4, 0.5) is 5.82 Å². The van der Waals surface area contributed by atoms with Gasteiger partial charge in [-0.1, -0.05) is 0 Å². The van der Waals surface area contributed by atoms with Gasteiger partial charge in [0.2, 0.25) is 0 Å². The highest BCUT2D eigenvalue weighted by molar-refractivity contribution is 9.10. The summed E-state index contributed by atoms with van der Waals surface area (Å²) in [4.78, 5) is 8.43. The van der Waals surface area contributed by atoms with Crippen molar-refractivity contribution in [1.29, 1.82) is 0 Å². The lowest BCUT2D eigenvalue weighted by Crippen LogP contribution is -2.03. The van der Waals surface area contributed by atoms with E-state index in [1.54, 1.807) is 6.20 Å². The first kappa shape index (κ1) is 12.0. The molecule has 2 aromatic rings. The number of hydrogen-bond acceptors (Lipinski definition) is 3. The van der Waals surface area contributed by atoms with Gasteiger partial charge < -0.3 is 5.32 Å². The highest BCUT2D eigenvalue weighted by atomic mass is 79.9. The summed E-state index contributed by atoms with van der Waals surface area (Å²) >= 11 is 3.44. The van der Waals surface area contributed by atoms with E-state index in [9.17, 15) is 0 Å². The van der Waals surface area contributed by atoms with E-state index in [1.807, 2.05) is 31.5 Å². The predicted molar refractivity (Wildman–Crippen MR) is 73.0 cm³/mol. The van der Waals surface area contributed by atoms with Gasteiger partial charge in [0, 0.05) is 29.6 Å². The first-order chi connectivity index (χ1) is 8.16. The molecule has 2 rings (SSSR count). The Kier molecular flexibility index (Phi) is 3.74. The lowest BCUT2D eigenvalue weighted by atomic mass is 10.1. The summed E-state index contributed by atoms with van der Waals surface area (Å²) in [6.07, 6.45) is 5.50. The van der Waals surface area contributed by atoms with Crippen LogP contribution in [-0.4, -0.2) is 9.97 Å². The molecule has 2 aromatic heterocycles. The molecule has 0 bridgehead atoms. The van der Waals surface area contributed by atoms with Crippen molar-refractivity contribution in [2.75, 3.05) is 5.32 Å². The van der Waals surface area contributed by atoms with Crippen LogP contribution in [0.15, 0.2) is 35.2 Å². The number of halogens is 1. The average Bonchev–Trinajstić information content (AvgIpc) is 2.32. The smallest absolute Gasteiger partial charge is 0.126 e. The first-order valence-electron chi connectivity index (χ1n) is 5.42. The van der Waals surface area contributed by atoms with Crippen molar-refractivity contribution in [2.45, 2.75) is 20.4 Å². The van der Waals surface area contributed by atoms with Crippen molar-refractivity contribution < 1.29 is 0 Å². The number of nitrogens with one attached hydrogen (secondary N) is 1. The molecule has 0 atom stereocenters. The number of pyridine rings is 2. The Labute approximate surface area is 109 Å². The Morgan fingerprint density at radius 1 is 1.24 bits per heavy atom. The Morgan fingerprint density at radius 2 is 2.06 bits per heavy atom. The van der Waals surface area contributed by atoms with Gasteiger partial charge in [0.1, 0.15) is 5.82 Å². The molecule has 0 radical (unpaired) electrons. The van der Waals surface area contributed by atoms with Crippen LogP contribution in [0.1, 0.15) is 16.7 Å². The van der Waals surface area contributed by atoms with Gasteiger partial charge in [-0.05, 0) is 58.6 Å². The molecule has 0 aliphatic heterocycles. The van der Waals surface area contributed by atoms with Crippen LogP contribution in [0.5, 0.6) is 0 Å². The minimum atomic E-state index is 0.744. The molecular formula is C13H14BrN3. The van der Waals surface area contributed by atoms with E-state index in [2.05, 4.69) is 38.1 Å². The van der Waals surface area contributed by atoms with Gasteiger partial charge in [-0.25, -0.2) is 4.98 Å². The molecule has 88 valence electrons. The minimum absolute atomic E-state index is 0.744. The van der Waals surface area contributed by atoms with Gasteiger partial charge in [0.15, 0.2) is 0 Å². The van der Waals surface area contributed by atoms with E-state index < -0.39 is 0 Å². The molecular weight excluding hydrogens is 278 g/mol. The van der Waals surface area contributed by atoms with E-state index in [1.165, 1.54) is 16.7 Å². The molecule has 0 saturated heterocycles. The molecule has 0 unspecified atom stereocenters. The van der Waals surface area contributed by atoms with Crippen LogP contribution >= 0.6 is 15.9 Å². The highest BCUT2D eigenvalue weighted by Crippen LogP contribution is 2.17. The van der Waals surface area contributed by atoms with Crippen molar-refractivity contribution >= 4 is 21.7 Å². The summed E-state index contributed by atoms with van der Waals surface area (Å²) in [7, 11) is 0. The molecule has 1 N–H and O–H groups in total. The zero-order valence-corrected chi connectivity index (χ0v) is 11.5. The molecule has 2 heterocycles. The van der Waals surface area contributed by atoms with Gasteiger partial charge in [-0.3, -0.25) is 4.98 Å². The molecule has 0 aliphatic rings. The second kappa shape index (κ2) is 5.27. The van der Waals surface area contributed by atoms with Crippen LogP contribution in [0, 0.1) is 13.8 Å². The lowest BCUT2D eigenvalue weighted by Gasteiger charge is -2.08. The summed E-state index contributed by atoms with van der Waals surface area (Å²) in [6, 6.07) is 4.03. The van der Waals surface area contributed by atoms with Crippen molar-refractivity contribution in [1.82, 2.24) is 9.97 Å². The topological polar surface area (TPSA) is 37.8 Å². The zero-order valence-electron chi connectivity index (χ0n) is 9.87. The number of aromatic nitrogens is 2. The third kappa shape index (κ3) is 3.03. The summed E-state index contributed by atoms with van der Waals surface area (Å²) in [5.74, 6) is 0.883. The summed E-state index contributed by atoms with van der Waals surface area (Å²) in [6.45, 7) is 4.87. The highest BCUT2D eigenvalue weighted by Gasteiger charge is 2.00. The Hall–Kier alpha value is -1.42. The molecule has 0 aliphatic carbocycles. The van der Waals surface area contributed by atoms with Crippen LogP contribution in [-0.2, 0) is 6.54 Å². The standard InChI is InChI=1S/C13H14BrN3/c1-9-3-4-15-6-11(9)7-16-13-5-10(2)12(14)8-17-13/h3-6,8H,7H2,1-2H3,(H,16,17). The molecule has 0 fully saturated rings. The van der Waals surface area contributed by atoms with Crippen molar-refractivity contribution in [3.05, 3.63) is 51.9 Å². The number of rotatable bonds is 3. The van der Waals surface area contributed by atoms with Crippen molar-refractivity contribution in [3.63, 3.8) is 0 Å². The Morgan fingerprint density at radius 3 is 2.76 bits per heavy atom. The molecule has 4 heteroatoms. The van der Waals surface area contributed by atoms with Gasteiger partial charge in [0.05, 0.1) is 0 Å². The minimum Gasteiger partial charge on any atom is -0.366 e. The van der Waals surface area contributed by atoms with E-state index >= 15 is 0 Å². The summed E-state index contributed by atoms with van der Waals surface area (Å²) in [5, 5.41) is 3.30. The fraction of sp³-hybridized carbons (Fsp3) is 0.231. The van der Waals surface area contributed by atoms with Crippen molar-refractivity contribution in [3.8, 4) is 0 Å². The maximum Gasteiger partial charge on any atom is 0.126 e. The SMILES string of the molecule is Cc1cc(NCc2cnccc2C)ncc1Br. The van der Waals surface area contributed by atoms with E-state index in [0.29, 0.717) is 0 Å². The maximum atomic E-state index is 4.31. The van der Waals surface area contributed by atoms with E-state index in [-0.39, 0.29) is 0 Å². The second-order valence-corrected chi connectivity index (χ2v) is 4.83. The molecule has 3 nitrogen and oxygen atoms in total. The third-order valence-corrected chi connectivity index (χ3v) is 3.48. The van der Waals surface area contributed by atoms with Gasteiger partial charge in [0.25, 0.3) is 0 Å². The zero-order chi connectivity index (χ0) is 12.3. The van der Waals surface area contributed by atoms with Crippen LogP contribution in [0.3, 0.4) is 0 Å². The van der Waals surface area contributed by atoms with Crippen LogP contribution in [0.2, 0.25) is 0 Å². The fourth-order valence-electron chi connectivity index (χ4n) is 1.50. The molecule has 0 saturated carbocycles. The summed E-state index contributed by atoms with van der Waals surface area (Å²) in [5.41, 5.74) is 3.60. The van der Waals surface area contributed by atoms with Gasteiger partial charge in [-0.2, -0.15) is 0 Å². The number of hydrogen-bond donors (Lipinski definition) is 1. The molecule has 0 amide bonds. The van der Waals surface area contributed by atoms with E-state index in [0.717, 1.165) is 16.8 Å². The third-order valence-electron chi connectivity index (χ3n) is 2.65.